The van der Waals surface area contributed by atoms with Crippen LogP contribution in [0.4, 0.5) is 20.4 Å². The van der Waals surface area contributed by atoms with Crippen LogP contribution < -0.4 is 20.2 Å². The van der Waals surface area contributed by atoms with Gasteiger partial charge in [-0.1, -0.05) is 11.3 Å². The average Bonchev–Trinajstić information content (AvgIpc) is 3.67. The summed E-state index contributed by atoms with van der Waals surface area (Å²) in [6.45, 7) is 2.76. The van der Waals surface area contributed by atoms with Gasteiger partial charge in [-0.15, -0.1) is 5.10 Å². The van der Waals surface area contributed by atoms with Gasteiger partial charge >= 0.3 is 4.87 Å². The first-order chi connectivity index (χ1) is 18.9. The Labute approximate surface area is 223 Å². The third-order valence-corrected chi connectivity index (χ3v) is 7.47. The second-order valence-electron chi connectivity index (χ2n) is 8.80. The summed E-state index contributed by atoms with van der Waals surface area (Å²) in [5, 5.41) is 13.0. The van der Waals surface area contributed by atoms with E-state index in [-0.39, 0.29) is 28.9 Å². The lowest BCUT2D eigenvalue weighted by molar-refractivity contribution is 0.248. The summed E-state index contributed by atoms with van der Waals surface area (Å²) >= 11 is 1.03. The zero-order valence-corrected chi connectivity index (χ0v) is 21.2. The predicted molar refractivity (Wildman–Crippen MR) is 139 cm³/mol. The Kier molecular flexibility index (Phi) is 6.33. The van der Waals surface area contributed by atoms with Crippen LogP contribution in [0, 0.1) is 23.0 Å². The highest BCUT2D eigenvalue weighted by molar-refractivity contribution is 7.17. The minimum absolute atomic E-state index is 0.0995. The Morgan fingerprint density at radius 2 is 1.95 bits per heavy atom. The van der Waals surface area contributed by atoms with E-state index in [0.717, 1.165) is 17.4 Å². The molecule has 39 heavy (non-hydrogen) atoms. The van der Waals surface area contributed by atoms with Crippen LogP contribution in [-0.2, 0) is 6.54 Å². The molecule has 4 aromatic heterocycles. The van der Waals surface area contributed by atoms with Crippen molar-refractivity contribution >= 4 is 39.0 Å². The van der Waals surface area contributed by atoms with E-state index < -0.39 is 11.6 Å². The molecule has 15 heteroatoms. The SMILES string of the molecule is N#CCOc1cc(N2CCN(CCn3c(=O)sc4c3nc(N)n3nc(-c5ccco5)nc43)CC2)c(F)cc1F. The highest BCUT2D eigenvalue weighted by atomic mass is 32.1. The van der Waals surface area contributed by atoms with E-state index in [4.69, 9.17) is 20.1 Å². The number of benzene rings is 1. The highest BCUT2D eigenvalue weighted by Crippen LogP contribution is 2.29. The molecule has 1 saturated heterocycles. The summed E-state index contributed by atoms with van der Waals surface area (Å²) in [5.74, 6) is -0.795. The molecule has 200 valence electrons. The Hall–Kier alpha value is -4.55. The number of rotatable bonds is 7. The minimum atomic E-state index is -0.853. The number of nitrogens with zero attached hydrogens (tertiary/aromatic N) is 8. The van der Waals surface area contributed by atoms with Gasteiger partial charge in [-0.2, -0.15) is 14.8 Å². The molecule has 1 aliphatic rings. The smallest absolute Gasteiger partial charge is 0.309 e. The van der Waals surface area contributed by atoms with Gasteiger partial charge in [-0.25, -0.2) is 13.8 Å². The molecule has 5 heterocycles. The van der Waals surface area contributed by atoms with Crippen LogP contribution in [0.15, 0.2) is 39.7 Å². The molecule has 0 spiro atoms. The first-order valence-corrected chi connectivity index (χ1v) is 12.8. The maximum atomic E-state index is 14.5. The fourth-order valence-corrected chi connectivity index (χ4v) is 5.50. The number of anilines is 2. The maximum Gasteiger partial charge on any atom is 0.309 e. The molecule has 0 amide bonds. The maximum absolute atomic E-state index is 14.5. The van der Waals surface area contributed by atoms with E-state index in [1.165, 1.54) is 16.8 Å². The quantitative estimate of drug-likeness (QED) is 0.319. The van der Waals surface area contributed by atoms with Gasteiger partial charge in [0, 0.05) is 51.4 Å². The molecule has 0 radical (unpaired) electrons. The lowest BCUT2D eigenvalue weighted by Gasteiger charge is -2.36. The van der Waals surface area contributed by atoms with Gasteiger partial charge in [0.1, 0.15) is 16.6 Å². The lowest BCUT2D eigenvalue weighted by atomic mass is 10.2. The van der Waals surface area contributed by atoms with Crippen molar-refractivity contribution in [1.82, 2.24) is 29.0 Å². The predicted octanol–water partition coefficient (Wildman–Crippen LogP) is 2.35. The van der Waals surface area contributed by atoms with Gasteiger partial charge in [-0.05, 0) is 12.1 Å². The lowest BCUT2D eigenvalue weighted by Crippen LogP contribution is -2.47. The Balaban J connectivity index is 1.17. The molecule has 0 aliphatic carbocycles. The number of hydrogen-bond donors (Lipinski definition) is 1. The largest absolute Gasteiger partial charge is 0.476 e. The number of furan rings is 1. The minimum Gasteiger partial charge on any atom is -0.476 e. The van der Waals surface area contributed by atoms with Crippen molar-refractivity contribution in [3.8, 4) is 23.4 Å². The van der Waals surface area contributed by atoms with Gasteiger partial charge in [0.15, 0.2) is 35.2 Å². The zero-order chi connectivity index (χ0) is 27.1. The number of hydrogen-bond acceptors (Lipinski definition) is 11. The molecular weight excluding hydrogens is 532 g/mol. The summed E-state index contributed by atoms with van der Waals surface area (Å²) in [7, 11) is 0. The van der Waals surface area contributed by atoms with Crippen LogP contribution in [0.1, 0.15) is 0 Å². The van der Waals surface area contributed by atoms with Gasteiger partial charge in [0.2, 0.25) is 11.8 Å². The number of aromatic nitrogens is 5. The second-order valence-corrected chi connectivity index (χ2v) is 9.76. The number of piperazine rings is 1. The molecule has 0 atom stereocenters. The molecule has 0 bridgehead atoms. The number of nitriles is 1. The zero-order valence-electron chi connectivity index (χ0n) is 20.4. The van der Waals surface area contributed by atoms with Crippen molar-refractivity contribution in [3.05, 3.63) is 51.8 Å². The van der Waals surface area contributed by atoms with Crippen molar-refractivity contribution < 1.29 is 17.9 Å². The summed E-state index contributed by atoms with van der Waals surface area (Å²) < 4.78 is 42.5. The van der Waals surface area contributed by atoms with Crippen molar-refractivity contribution in [3.63, 3.8) is 0 Å². The van der Waals surface area contributed by atoms with Crippen molar-refractivity contribution in [2.75, 3.05) is 50.0 Å². The number of nitrogens with two attached hydrogens (primary N) is 1. The van der Waals surface area contributed by atoms with E-state index >= 15 is 0 Å². The van der Waals surface area contributed by atoms with E-state index in [2.05, 4.69) is 20.0 Å². The molecule has 0 unspecified atom stereocenters. The van der Waals surface area contributed by atoms with E-state index in [1.807, 2.05) is 0 Å². The van der Waals surface area contributed by atoms with Crippen LogP contribution in [-0.4, -0.2) is 68.4 Å². The normalized spacial score (nSPS) is 14.3. The molecule has 1 aromatic carbocycles. The summed E-state index contributed by atoms with van der Waals surface area (Å²) in [4.78, 5) is 25.6. The monoisotopic (exact) mass is 553 g/mol. The van der Waals surface area contributed by atoms with Gasteiger partial charge in [0.05, 0.1) is 12.0 Å². The highest BCUT2D eigenvalue weighted by Gasteiger charge is 2.23. The first kappa shape index (κ1) is 24.8. The van der Waals surface area contributed by atoms with Gasteiger partial charge < -0.3 is 19.8 Å². The van der Waals surface area contributed by atoms with Crippen molar-refractivity contribution in [2.45, 2.75) is 6.54 Å². The number of halogens is 2. The molecule has 1 aliphatic heterocycles. The summed E-state index contributed by atoms with van der Waals surface area (Å²) in [6, 6.07) is 7.29. The second kappa shape index (κ2) is 9.97. The van der Waals surface area contributed by atoms with Crippen LogP contribution in [0.25, 0.3) is 27.6 Å². The molecule has 12 nitrogen and oxygen atoms in total. The molecule has 5 aromatic rings. The standard InChI is InChI=1S/C24H21F2N9O3S/c25-14-12-15(26)18(38-11-3-27)13-16(14)33-7-4-32(5-8-33)6-9-34-21-19(39-24(34)36)22-29-20(17-2-1-10-37-17)31-35(22)23(28)30-21/h1-2,10,12-13H,4-9,11H2,(H2,28,30). The molecule has 0 saturated carbocycles. The Bertz CT molecular complexity index is 1770. The summed E-state index contributed by atoms with van der Waals surface area (Å²) in [6.07, 6.45) is 1.52. The first-order valence-electron chi connectivity index (χ1n) is 12.0. The number of thiazole rings is 1. The van der Waals surface area contributed by atoms with Crippen LogP contribution in [0.5, 0.6) is 5.75 Å². The number of fused-ring (bicyclic) bond motifs is 3. The van der Waals surface area contributed by atoms with Crippen molar-refractivity contribution in [2.24, 2.45) is 0 Å². The Morgan fingerprint density at radius 3 is 2.69 bits per heavy atom. The fraction of sp³-hybridized carbons (Fsp3) is 0.292. The van der Waals surface area contributed by atoms with Crippen LogP contribution in [0.2, 0.25) is 0 Å². The third-order valence-electron chi connectivity index (χ3n) is 6.50. The molecule has 6 rings (SSSR count). The van der Waals surface area contributed by atoms with E-state index in [9.17, 15) is 13.6 Å². The average molecular weight is 554 g/mol. The van der Waals surface area contributed by atoms with Crippen LogP contribution in [0.3, 0.4) is 0 Å². The number of ether oxygens (including phenoxy) is 1. The van der Waals surface area contributed by atoms with Crippen molar-refractivity contribution in [1.29, 1.82) is 5.26 Å². The fourth-order valence-electron chi connectivity index (χ4n) is 4.57. The Morgan fingerprint density at radius 1 is 1.13 bits per heavy atom. The van der Waals surface area contributed by atoms with Gasteiger partial charge in [-0.3, -0.25) is 14.3 Å². The van der Waals surface area contributed by atoms with E-state index in [1.54, 1.807) is 27.7 Å². The molecular formula is C24H21F2N9O3S. The van der Waals surface area contributed by atoms with Gasteiger partial charge in [0.25, 0.3) is 0 Å². The topological polar surface area (TPSA) is 144 Å². The third kappa shape index (κ3) is 4.53. The number of nitrogen functional groups attached to an aromatic ring is 1. The molecule has 1 fully saturated rings. The molecule has 2 N–H and O–H groups in total. The van der Waals surface area contributed by atoms with E-state index in [0.29, 0.717) is 66.8 Å². The van der Waals surface area contributed by atoms with Crippen LogP contribution >= 0.6 is 11.3 Å². The summed E-state index contributed by atoms with van der Waals surface area (Å²) in [5.41, 5.74) is 7.23.